The monoisotopic (exact) mass is 529 g/mol. The van der Waals surface area contributed by atoms with Crippen LogP contribution in [0.3, 0.4) is 0 Å². The first-order chi connectivity index (χ1) is 12.1. The van der Waals surface area contributed by atoms with Crippen LogP contribution in [-0.4, -0.2) is 99.6 Å². The van der Waals surface area contributed by atoms with E-state index in [0.29, 0.717) is 52.4 Å². The molecule has 0 unspecified atom stereocenters. The van der Waals surface area contributed by atoms with E-state index in [0.717, 1.165) is 0 Å². The molecule has 18 nitrogen and oxygen atoms in total. The molecular formula is C8H41Cu2N11O7. The van der Waals surface area contributed by atoms with Crippen molar-refractivity contribution in [3.63, 3.8) is 0 Å². The van der Waals surface area contributed by atoms with E-state index < -0.39 is 10.8 Å². The largest absolute Gasteiger partial charge is 0.329 e. The van der Waals surface area contributed by atoms with Gasteiger partial charge in [-0.25, -0.2) is 5.90 Å². The van der Waals surface area contributed by atoms with Crippen LogP contribution in [0.15, 0.2) is 0 Å². The predicted molar refractivity (Wildman–Crippen MR) is 92.8 cm³/mol. The minimum Gasteiger partial charge on any atom is -0.329 e. The molecule has 0 heterocycles. The molecule has 0 aliphatic rings. The van der Waals surface area contributed by atoms with Crippen LogP contribution in [0.2, 0.25) is 0 Å². The summed E-state index contributed by atoms with van der Waals surface area (Å²) < 4.78 is 0. The number of hydrogen-bond donors (Lipinski definition) is 16. The smallest absolute Gasteiger partial charge is 0.0685 e. The van der Waals surface area contributed by atoms with Crippen LogP contribution >= 0.6 is 0 Å². The zero-order chi connectivity index (χ0) is 22.8. The maximum absolute atomic E-state index is 7.00. The van der Waals surface area contributed by atoms with Crippen LogP contribution in [0.1, 0.15) is 0 Å². The quantitative estimate of drug-likeness (QED) is 0.119. The predicted octanol–water partition coefficient (Wildman–Crippen LogP) is -6.14. The molecule has 0 saturated carbocycles. The Hall–Kier alpha value is 0.319. The van der Waals surface area contributed by atoms with Gasteiger partial charge in [0.1, 0.15) is 0 Å². The van der Waals surface area contributed by atoms with Gasteiger partial charge in [-0.2, -0.15) is 0 Å². The van der Waals surface area contributed by atoms with Crippen LogP contribution in [0.25, 0.3) is 0 Å². The van der Waals surface area contributed by atoms with E-state index >= 15 is 0 Å². The standard InChI is InChI=1S/4C2H8N2.2Cu.2H3NO3.H3NO/c4*3-1-2-4;;;2*2-1(3)4;1-2/h4*1-4H2;;;2*2-4H;2H,1H2. The molecule has 0 aliphatic carbocycles. The minimum atomic E-state index is -1.00. The van der Waals surface area contributed by atoms with Crippen LogP contribution in [0, 0.1) is 0 Å². The molecule has 25 N–H and O–H groups in total. The molecular weight excluding hydrogens is 489 g/mol. The van der Waals surface area contributed by atoms with E-state index in [-0.39, 0.29) is 34.1 Å². The van der Waals surface area contributed by atoms with Gasteiger partial charge in [0.2, 0.25) is 0 Å². The summed E-state index contributed by atoms with van der Waals surface area (Å²) in [5.41, 5.74) is 39.2. The van der Waals surface area contributed by atoms with Crippen molar-refractivity contribution in [1.29, 1.82) is 0 Å². The van der Waals surface area contributed by atoms with Gasteiger partial charge in [-0.15, -0.1) is 0 Å². The van der Waals surface area contributed by atoms with Gasteiger partial charge < -0.3 is 51.1 Å². The number of nitrogens with two attached hydrogens (primary N) is 9. The molecule has 28 heavy (non-hydrogen) atoms. The summed E-state index contributed by atoms with van der Waals surface area (Å²) >= 11 is 0. The van der Waals surface area contributed by atoms with Gasteiger partial charge in [-0.1, -0.05) is 0 Å². The second kappa shape index (κ2) is 92.3. The summed E-state index contributed by atoms with van der Waals surface area (Å²) in [5.74, 6) is 3.50. The second-order valence-electron chi connectivity index (χ2n) is 2.85. The number of nitrogens with zero attached hydrogens (tertiary/aromatic N) is 2. The third-order valence-electron chi connectivity index (χ3n) is 0.667. The van der Waals surface area contributed by atoms with Gasteiger partial charge in [0, 0.05) is 86.5 Å². The molecule has 0 amide bonds. The van der Waals surface area contributed by atoms with Crippen LogP contribution < -0.4 is 51.8 Å². The average molecular weight is 531 g/mol. The van der Waals surface area contributed by atoms with Crippen molar-refractivity contribution in [3.8, 4) is 0 Å². The molecule has 0 aromatic heterocycles. The van der Waals surface area contributed by atoms with Gasteiger partial charge in [-0.3, -0.25) is 31.2 Å². The molecule has 0 aromatic carbocycles. The zero-order valence-corrected chi connectivity index (χ0v) is 17.4. The van der Waals surface area contributed by atoms with Crippen molar-refractivity contribution in [3.05, 3.63) is 0 Å². The van der Waals surface area contributed by atoms with E-state index in [1.165, 1.54) is 0 Å². The van der Waals surface area contributed by atoms with Gasteiger partial charge in [0.25, 0.3) is 0 Å². The van der Waals surface area contributed by atoms with Crippen molar-refractivity contribution >= 4 is 0 Å². The maximum atomic E-state index is 7.00. The fourth-order valence-electron chi connectivity index (χ4n) is 0. The number of hydrogen-bond acceptors (Lipinski definition) is 18. The summed E-state index contributed by atoms with van der Waals surface area (Å²) in [6.07, 6.45) is 0. The van der Waals surface area contributed by atoms with E-state index in [1.54, 1.807) is 0 Å². The molecule has 0 bridgehead atoms. The van der Waals surface area contributed by atoms with Crippen molar-refractivity contribution in [2.75, 3.05) is 52.4 Å². The molecule has 0 rings (SSSR count). The minimum absolute atomic E-state index is 0. The van der Waals surface area contributed by atoms with E-state index in [4.69, 9.17) is 82.3 Å². The van der Waals surface area contributed by atoms with Crippen molar-refractivity contribution in [2.45, 2.75) is 0 Å². The summed E-state index contributed by atoms with van der Waals surface area (Å²) in [6, 6.07) is 0. The third kappa shape index (κ3) is 904. The Kier molecular flexibility index (Phi) is 187. The molecule has 0 aliphatic heterocycles. The van der Waals surface area contributed by atoms with Crippen LogP contribution in [-0.2, 0) is 34.1 Å². The molecule has 20 heteroatoms. The zero-order valence-electron chi connectivity index (χ0n) is 15.5. The molecule has 0 aromatic rings. The summed E-state index contributed by atoms with van der Waals surface area (Å²) in [4.78, 5) is 0. The maximum Gasteiger partial charge on any atom is 0.0685 e. The summed E-state index contributed by atoms with van der Waals surface area (Å²) in [7, 11) is 0. The average Bonchev–Trinajstić information content (AvgIpc) is 2.62. The van der Waals surface area contributed by atoms with Gasteiger partial charge in [0.15, 0.2) is 0 Å². The SMILES string of the molecule is NCCN.NCCN.NCCN.NCCN.NO.ON(O)O.ON(O)O.[Cu].[Cu]. The Morgan fingerprint density at radius 3 is 0.393 bits per heavy atom. The molecule has 0 spiro atoms. The Morgan fingerprint density at radius 2 is 0.393 bits per heavy atom. The first kappa shape index (κ1) is 56.6. The first-order valence-electron chi connectivity index (χ1n) is 6.72. The molecule has 192 valence electrons. The fourth-order valence-corrected chi connectivity index (χ4v) is 0. The normalized spacial score (nSPS) is 7.07. The van der Waals surface area contributed by atoms with E-state index in [2.05, 4.69) is 5.90 Å². The van der Waals surface area contributed by atoms with Gasteiger partial charge in [-0.05, 0) is 0 Å². The molecule has 2 radical (unpaired) electrons. The Bertz CT molecular complexity index is 118. The van der Waals surface area contributed by atoms with Crippen molar-refractivity contribution in [2.24, 2.45) is 51.8 Å². The fraction of sp³-hybridized carbons (Fsp3) is 1.00. The Morgan fingerprint density at radius 1 is 0.357 bits per heavy atom. The summed E-state index contributed by atoms with van der Waals surface area (Å²) in [5, 5.41) is 46.5. The first-order valence-corrected chi connectivity index (χ1v) is 6.72. The van der Waals surface area contributed by atoms with Gasteiger partial charge in [0.05, 0.1) is 10.8 Å². The molecule has 0 atom stereocenters. The second-order valence-corrected chi connectivity index (χ2v) is 2.85. The van der Waals surface area contributed by atoms with Crippen molar-refractivity contribution in [1.82, 2.24) is 10.8 Å². The van der Waals surface area contributed by atoms with Gasteiger partial charge >= 0.3 is 0 Å². The third-order valence-corrected chi connectivity index (χ3v) is 0.667. The summed E-state index contributed by atoms with van der Waals surface area (Å²) in [6.45, 7) is 4.78. The Labute approximate surface area is 185 Å². The van der Waals surface area contributed by atoms with E-state index in [9.17, 15) is 0 Å². The number of rotatable bonds is 4. The van der Waals surface area contributed by atoms with Crippen LogP contribution in [0.5, 0.6) is 0 Å². The Balaban J connectivity index is -0.0000000214. The van der Waals surface area contributed by atoms with E-state index in [1.807, 2.05) is 0 Å². The topological polar surface area (TPSA) is 382 Å². The van der Waals surface area contributed by atoms with Crippen molar-refractivity contribution < 1.29 is 70.6 Å². The molecule has 0 saturated heterocycles. The van der Waals surface area contributed by atoms with Crippen LogP contribution in [0.4, 0.5) is 0 Å². The molecule has 0 fully saturated rings.